The molecule has 0 spiro atoms. The average molecular weight is 649 g/mol. The highest BCUT2D eigenvalue weighted by Gasteiger charge is 2.51. The first-order chi connectivity index (χ1) is 21.7. The Morgan fingerprint density at radius 1 is 0.622 bits per heavy atom. The molecule has 2 saturated heterocycles. The number of aliphatic hydroxyl groups is 6. The fourth-order valence-corrected chi connectivity index (χ4v) is 6.79. The normalized spacial score (nSPS) is 32.1. The van der Waals surface area contributed by atoms with Gasteiger partial charge in [-0.2, -0.15) is 0 Å². The van der Waals surface area contributed by atoms with Gasteiger partial charge in [-0.25, -0.2) is 18.1 Å². The Hall–Kier alpha value is -3.39. The molecule has 0 bridgehead atoms. The molecule has 10 atom stereocenters. The Balaban J connectivity index is 1.24. The van der Waals surface area contributed by atoms with Crippen molar-refractivity contribution >= 4 is 11.8 Å². The molecule has 0 amide bonds. The number of aromatic nitrogens is 6. The smallest absolute Gasteiger partial charge is 0.134 e. The van der Waals surface area contributed by atoms with E-state index in [1.165, 1.54) is 70.3 Å². The van der Waals surface area contributed by atoms with Gasteiger partial charge in [0.2, 0.25) is 0 Å². The van der Waals surface area contributed by atoms with Crippen molar-refractivity contribution < 1.29 is 48.9 Å². The van der Waals surface area contributed by atoms with Crippen LogP contribution in [0.2, 0.25) is 0 Å². The molecule has 2 aliphatic heterocycles. The second kappa shape index (κ2) is 13.1. The first-order valence-electron chi connectivity index (χ1n) is 13.9. The van der Waals surface area contributed by atoms with E-state index in [2.05, 4.69) is 20.6 Å². The molecule has 4 heterocycles. The van der Waals surface area contributed by atoms with Crippen LogP contribution < -0.4 is 0 Å². The van der Waals surface area contributed by atoms with E-state index in [-0.39, 0.29) is 0 Å². The Labute approximate surface area is 258 Å². The molecule has 4 aromatic rings. The fourth-order valence-electron chi connectivity index (χ4n) is 5.47. The van der Waals surface area contributed by atoms with Crippen LogP contribution in [0.15, 0.2) is 60.9 Å². The number of thioether (sulfide) groups is 1. The van der Waals surface area contributed by atoms with Crippen molar-refractivity contribution in [3.05, 3.63) is 72.6 Å². The highest BCUT2D eigenvalue weighted by atomic mass is 32.2. The van der Waals surface area contributed by atoms with Gasteiger partial charge in [0, 0.05) is 11.1 Å². The minimum absolute atomic E-state index is 0.340. The standard InChI is InChI=1S/C28H30F2N6O8S/c29-15-5-1-13(2-6-15)17-9-35(33-31-17)21-23(39)19(11-37)43-27(25(21)41)45-28-26(42)22(24(40)20(12-38)44-28)36-10-18(32-34-36)14-3-7-16(30)8-4-14/h1-10,19-28,37-42H,11-12H2/t19-,20-,21+,22+,23+,24+,25-,26-,27+,28+/m1/s1. The number of hydrogen-bond donors (Lipinski definition) is 6. The van der Waals surface area contributed by atoms with Crippen molar-refractivity contribution in [1.82, 2.24) is 30.0 Å². The van der Waals surface area contributed by atoms with Crippen molar-refractivity contribution in [2.24, 2.45) is 0 Å². The molecule has 0 unspecified atom stereocenters. The Kier molecular flexibility index (Phi) is 9.23. The number of nitrogens with zero attached hydrogens (tertiary/aromatic N) is 6. The molecule has 0 radical (unpaired) electrons. The first kappa shape index (κ1) is 31.6. The molecule has 2 aromatic carbocycles. The number of rotatable bonds is 8. The Bertz CT molecular complexity index is 1460. The topological polar surface area (TPSA) is 201 Å². The van der Waals surface area contributed by atoms with Crippen LogP contribution in [-0.4, -0.2) is 121 Å². The van der Waals surface area contributed by atoms with Crippen LogP contribution in [-0.2, 0) is 9.47 Å². The molecule has 6 N–H and O–H groups in total. The van der Waals surface area contributed by atoms with Crippen LogP contribution in [0.25, 0.3) is 22.5 Å². The predicted octanol–water partition coefficient (Wildman–Crippen LogP) is -0.125. The highest BCUT2D eigenvalue weighted by Crippen LogP contribution is 2.42. The quantitative estimate of drug-likeness (QED) is 0.148. The largest absolute Gasteiger partial charge is 0.394 e. The van der Waals surface area contributed by atoms with Crippen LogP contribution in [0.4, 0.5) is 8.78 Å². The highest BCUT2D eigenvalue weighted by molar-refractivity contribution is 8.00. The van der Waals surface area contributed by atoms with Gasteiger partial charge in [-0.3, -0.25) is 0 Å². The third-order valence-corrected chi connectivity index (χ3v) is 9.19. The predicted molar refractivity (Wildman–Crippen MR) is 152 cm³/mol. The van der Waals surface area contributed by atoms with Crippen molar-refractivity contribution in [3.63, 3.8) is 0 Å². The molecule has 0 saturated carbocycles. The van der Waals surface area contributed by atoms with E-state index >= 15 is 0 Å². The summed E-state index contributed by atoms with van der Waals surface area (Å²) >= 11 is 0.811. The summed E-state index contributed by atoms with van der Waals surface area (Å²) in [5.74, 6) is -0.871. The van der Waals surface area contributed by atoms with Crippen LogP contribution in [0.5, 0.6) is 0 Å². The summed E-state index contributed by atoms with van der Waals surface area (Å²) in [6.07, 6.45) is -5.29. The Morgan fingerprint density at radius 3 is 1.36 bits per heavy atom. The van der Waals surface area contributed by atoms with Crippen LogP contribution >= 0.6 is 11.8 Å². The van der Waals surface area contributed by atoms with Gasteiger partial charge in [-0.1, -0.05) is 22.2 Å². The molecule has 45 heavy (non-hydrogen) atoms. The van der Waals surface area contributed by atoms with Crippen molar-refractivity contribution in [3.8, 4) is 22.5 Å². The summed E-state index contributed by atoms with van der Waals surface area (Å²) in [6.45, 7) is -1.25. The van der Waals surface area contributed by atoms with Crippen LogP contribution in [0, 0.1) is 11.6 Å². The summed E-state index contributed by atoms with van der Waals surface area (Å²) in [5, 5.41) is 80.9. The van der Waals surface area contributed by atoms with E-state index in [1.54, 1.807) is 0 Å². The lowest BCUT2D eigenvalue weighted by Gasteiger charge is -2.46. The maximum atomic E-state index is 13.4. The molecule has 6 rings (SSSR count). The Morgan fingerprint density at radius 2 is 1.00 bits per heavy atom. The average Bonchev–Trinajstić information content (AvgIpc) is 3.72. The molecule has 17 heteroatoms. The molecule has 0 aliphatic carbocycles. The minimum Gasteiger partial charge on any atom is -0.394 e. The van der Waals surface area contributed by atoms with E-state index in [1.807, 2.05) is 0 Å². The molecular weight excluding hydrogens is 618 g/mol. The van der Waals surface area contributed by atoms with Crippen LogP contribution in [0.3, 0.4) is 0 Å². The van der Waals surface area contributed by atoms with Gasteiger partial charge in [0.25, 0.3) is 0 Å². The number of benzene rings is 2. The monoisotopic (exact) mass is 648 g/mol. The van der Waals surface area contributed by atoms with E-state index in [4.69, 9.17) is 9.47 Å². The lowest BCUT2D eigenvalue weighted by atomic mass is 9.97. The van der Waals surface area contributed by atoms with Gasteiger partial charge < -0.3 is 40.1 Å². The van der Waals surface area contributed by atoms with Gasteiger partial charge in [0.1, 0.15) is 82.6 Å². The summed E-state index contributed by atoms with van der Waals surface area (Å²) in [7, 11) is 0. The van der Waals surface area contributed by atoms with E-state index in [9.17, 15) is 39.4 Å². The van der Waals surface area contributed by atoms with Gasteiger partial charge >= 0.3 is 0 Å². The molecule has 240 valence electrons. The van der Waals surface area contributed by atoms with Gasteiger partial charge in [-0.15, -0.1) is 10.2 Å². The third-order valence-electron chi connectivity index (χ3n) is 7.88. The number of halogens is 2. The zero-order chi connectivity index (χ0) is 31.8. The summed E-state index contributed by atoms with van der Waals surface area (Å²) in [5.41, 5.74) is -0.669. The molecule has 2 fully saturated rings. The van der Waals surface area contributed by atoms with Crippen molar-refractivity contribution in [2.45, 2.75) is 59.6 Å². The zero-order valence-electron chi connectivity index (χ0n) is 23.3. The van der Waals surface area contributed by atoms with Gasteiger partial charge in [-0.05, 0) is 48.5 Å². The second-order valence-corrected chi connectivity index (χ2v) is 11.9. The lowest BCUT2D eigenvalue weighted by molar-refractivity contribution is -0.189. The molecular formula is C28H30F2N6O8S. The number of hydrogen-bond acceptors (Lipinski definition) is 13. The van der Waals surface area contributed by atoms with Crippen molar-refractivity contribution in [1.29, 1.82) is 0 Å². The van der Waals surface area contributed by atoms with Gasteiger partial charge in [0.15, 0.2) is 0 Å². The van der Waals surface area contributed by atoms with Crippen LogP contribution in [0.1, 0.15) is 12.1 Å². The minimum atomic E-state index is -1.49. The SMILES string of the molecule is OC[C@H]1O[C@@H](S[C@@H]2O[C@H](CO)[C@H](O)[C@H](n3cc(-c4ccc(F)cc4)nn3)[C@H]2O)[C@H](O)[C@@H](n2cc(-c3ccc(F)cc3)nn2)[C@H]1O. The first-order valence-corrected chi connectivity index (χ1v) is 14.9. The summed E-state index contributed by atoms with van der Waals surface area (Å²) in [6, 6.07) is 8.67. The molecule has 2 aromatic heterocycles. The molecule has 2 aliphatic rings. The number of aliphatic hydroxyl groups excluding tert-OH is 6. The zero-order valence-corrected chi connectivity index (χ0v) is 24.1. The lowest BCUT2D eigenvalue weighted by Crippen LogP contribution is -2.58. The molecule has 14 nitrogen and oxygen atoms in total. The number of ether oxygens (including phenoxy) is 2. The maximum Gasteiger partial charge on any atom is 0.134 e. The van der Waals surface area contributed by atoms with E-state index in [0.717, 1.165) is 11.8 Å². The van der Waals surface area contributed by atoms with E-state index < -0.39 is 84.4 Å². The maximum absolute atomic E-state index is 13.4. The third kappa shape index (κ3) is 6.23. The second-order valence-electron chi connectivity index (χ2n) is 10.7. The summed E-state index contributed by atoms with van der Waals surface area (Å²) in [4.78, 5) is 0. The fraction of sp³-hybridized carbons (Fsp3) is 0.429. The summed E-state index contributed by atoms with van der Waals surface area (Å²) < 4.78 is 40.8. The van der Waals surface area contributed by atoms with Crippen molar-refractivity contribution in [2.75, 3.05) is 13.2 Å². The van der Waals surface area contributed by atoms with Gasteiger partial charge in [0.05, 0.1) is 25.6 Å². The van der Waals surface area contributed by atoms with E-state index in [0.29, 0.717) is 22.5 Å².